The highest BCUT2D eigenvalue weighted by atomic mass is 32.2. The third-order valence-electron chi connectivity index (χ3n) is 5.69. The van der Waals surface area contributed by atoms with Crippen molar-refractivity contribution in [3.05, 3.63) is 30.3 Å². The average molecular weight is 484 g/mol. The Balaban J connectivity index is 1.87. The fourth-order valence-corrected chi connectivity index (χ4v) is 4.95. The van der Waals surface area contributed by atoms with E-state index in [-0.39, 0.29) is 43.8 Å². The highest BCUT2D eigenvalue weighted by molar-refractivity contribution is 7.89. The zero-order valence-electron chi connectivity index (χ0n) is 19.6. The van der Waals surface area contributed by atoms with Gasteiger partial charge in [0.1, 0.15) is 17.9 Å². The Morgan fingerprint density at radius 1 is 1.18 bits per heavy atom. The van der Waals surface area contributed by atoms with E-state index >= 15 is 0 Å². The number of methoxy groups -OCH3 is 1. The summed E-state index contributed by atoms with van der Waals surface area (Å²) in [7, 11) is -0.869. The molecule has 184 valence electrons. The van der Waals surface area contributed by atoms with Crippen molar-refractivity contribution in [1.29, 1.82) is 0 Å². The van der Waals surface area contributed by atoms with Gasteiger partial charge in [0, 0.05) is 26.6 Å². The predicted molar refractivity (Wildman–Crippen MR) is 122 cm³/mol. The summed E-state index contributed by atoms with van der Waals surface area (Å²) in [5.41, 5.74) is -0.919. The Kier molecular flexibility index (Phi) is 9.24. The standard InChI is InChI=1S/C22H33N3O7S/c1-22(2)20(27)25(21(28)24(22)3)13-8-9-17(15-19(26)31-4)16-33(29,30)23-12-14-32-18-10-6-5-7-11-18/h5-7,10-11,17,23H,8-9,12-16H2,1-4H3. The zero-order valence-corrected chi connectivity index (χ0v) is 20.4. The largest absolute Gasteiger partial charge is 0.492 e. The fourth-order valence-electron chi connectivity index (χ4n) is 3.53. The van der Waals surface area contributed by atoms with E-state index in [0.717, 1.165) is 0 Å². The number of nitrogens with one attached hydrogen (secondary N) is 1. The molecule has 0 aliphatic carbocycles. The molecule has 0 radical (unpaired) electrons. The lowest BCUT2D eigenvalue weighted by atomic mass is 10.0. The van der Waals surface area contributed by atoms with Crippen LogP contribution in [0.3, 0.4) is 0 Å². The number of nitrogens with zero attached hydrogens (tertiary/aromatic N) is 2. The van der Waals surface area contributed by atoms with E-state index < -0.39 is 27.4 Å². The molecule has 1 fully saturated rings. The molecule has 1 aliphatic rings. The number of carbonyl (C=O) groups is 3. The lowest BCUT2D eigenvalue weighted by molar-refractivity contribution is -0.141. The molecule has 10 nitrogen and oxygen atoms in total. The first kappa shape index (κ1) is 26.6. The van der Waals surface area contributed by atoms with Crippen LogP contribution in [0.1, 0.15) is 33.1 Å². The van der Waals surface area contributed by atoms with Crippen LogP contribution in [-0.2, 0) is 24.3 Å². The Labute approximate surface area is 195 Å². The van der Waals surface area contributed by atoms with E-state index in [1.54, 1.807) is 33.0 Å². The first-order valence-corrected chi connectivity index (χ1v) is 12.4. The van der Waals surface area contributed by atoms with E-state index in [0.29, 0.717) is 18.6 Å². The van der Waals surface area contributed by atoms with Crippen molar-refractivity contribution in [1.82, 2.24) is 14.5 Å². The topological polar surface area (TPSA) is 122 Å². The molecule has 1 N–H and O–H groups in total. The number of urea groups is 1. The number of ether oxygens (including phenoxy) is 2. The van der Waals surface area contributed by atoms with Crippen LogP contribution in [0.25, 0.3) is 0 Å². The SMILES string of the molecule is COC(=O)CC(CCCN1C(=O)N(C)C(C)(C)C1=O)CS(=O)(=O)NCCOc1ccccc1. The van der Waals surface area contributed by atoms with Gasteiger partial charge >= 0.3 is 12.0 Å². The Morgan fingerprint density at radius 3 is 2.42 bits per heavy atom. The molecule has 0 saturated carbocycles. The van der Waals surface area contributed by atoms with Gasteiger partial charge in [0.2, 0.25) is 10.0 Å². The molecule has 0 aromatic heterocycles. The highest BCUT2D eigenvalue weighted by Crippen LogP contribution is 2.26. The summed E-state index contributed by atoms with van der Waals surface area (Å²) in [6.45, 7) is 3.75. The van der Waals surface area contributed by atoms with Crippen LogP contribution < -0.4 is 9.46 Å². The van der Waals surface area contributed by atoms with Crippen molar-refractivity contribution >= 4 is 27.9 Å². The Morgan fingerprint density at radius 2 is 1.85 bits per heavy atom. The van der Waals surface area contributed by atoms with Gasteiger partial charge in [0.25, 0.3) is 5.91 Å². The average Bonchev–Trinajstić information content (AvgIpc) is 2.91. The minimum absolute atomic E-state index is 0.0782. The second-order valence-electron chi connectivity index (χ2n) is 8.48. The van der Waals surface area contributed by atoms with Crippen LogP contribution in [0.15, 0.2) is 30.3 Å². The molecule has 1 aromatic carbocycles. The predicted octanol–water partition coefficient (Wildman–Crippen LogP) is 1.62. The van der Waals surface area contributed by atoms with E-state index in [4.69, 9.17) is 9.47 Å². The number of rotatable bonds is 13. The van der Waals surface area contributed by atoms with E-state index in [1.807, 2.05) is 18.2 Å². The minimum atomic E-state index is -3.68. The first-order chi connectivity index (χ1) is 15.5. The number of carbonyl (C=O) groups excluding carboxylic acids is 3. The van der Waals surface area contributed by atoms with Gasteiger partial charge in [0.15, 0.2) is 0 Å². The number of benzene rings is 1. The van der Waals surface area contributed by atoms with Crippen LogP contribution >= 0.6 is 0 Å². The van der Waals surface area contributed by atoms with Crippen LogP contribution in [-0.4, -0.2) is 81.3 Å². The molecule has 3 amide bonds. The highest BCUT2D eigenvalue weighted by Gasteiger charge is 2.48. The molecule has 0 spiro atoms. The number of sulfonamides is 1. The number of likely N-dealkylation sites (N-methyl/N-ethyl adjacent to an activating group) is 1. The van der Waals surface area contributed by atoms with Crippen molar-refractivity contribution in [3.63, 3.8) is 0 Å². The van der Waals surface area contributed by atoms with Crippen LogP contribution in [0, 0.1) is 5.92 Å². The van der Waals surface area contributed by atoms with Gasteiger partial charge < -0.3 is 14.4 Å². The molecule has 1 atom stereocenters. The van der Waals surface area contributed by atoms with Gasteiger partial charge in [0.05, 0.1) is 12.9 Å². The van der Waals surface area contributed by atoms with Gasteiger partial charge in [-0.05, 0) is 44.7 Å². The van der Waals surface area contributed by atoms with Crippen molar-refractivity contribution in [2.24, 2.45) is 5.92 Å². The Hall–Kier alpha value is -2.66. The monoisotopic (exact) mass is 483 g/mol. The maximum absolute atomic E-state index is 12.5. The molecule has 33 heavy (non-hydrogen) atoms. The third-order valence-corrected chi connectivity index (χ3v) is 7.25. The van der Waals surface area contributed by atoms with E-state index in [1.165, 1.54) is 16.9 Å². The first-order valence-electron chi connectivity index (χ1n) is 10.8. The molecule has 1 aliphatic heterocycles. The summed E-state index contributed by atoms with van der Waals surface area (Å²) in [4.78, 5) is 39.2. The molecular weight excluding hydrogens is 450 g/mol. The summed E-state index contributed by atoms with van der Waals surface area (Å²) in [5, 5.41) is 0. The normalized spacial score (nSPS) is 16.7. The van der Waals surface area contributed by atoms with Crippen molar-refractivity contribution in [2.75, 3.05) is 39.6 Å². The van der Waals surface area contributed by atoms with Crippen molar-refractivity contribution in [2.45, 2.75) is 38.6 Å². The minimum Gasteiger partial charge on any atom is -0.492 e. The molecule has 1 unspecified atom stereocenters. The van der Waals surface area contributed by atoms with E-state index in [9.17, 15) is 22.8 Å². The van der Waals surface area contributed by atoms with Crippen LogP contribution in [0.5, 0.6) is 5.75 Å². The molecule has 1 heterocycles. The van der Waals surface area contributed by atoms with Crippen LogP contribution in [0.4, 0.5) is 4.79 Å². The van der Waals surface area contributed by atoms with Gasteiger partial charge in [-0.25, -0.2) is 17.9 Å². The summed E-state index contributed by atoms with van der Waals surface area (Å²) < 4.78 is 37.7. The van der Waals surface area contributed by atoms with Crippen molar-refractivity contribution < 1.29 is 32.3 Å². The van der Waals surface area contributed by atoms with Crippen LogP contribution in [0.2, 0.25) is 0 Å². The number of esters is 1. The zero-order chi connectivity index (χ0) is 24.6. The second-order valence-corrected chi connectivity index (χ2v) is 10.3. The second kappa shape index (κ2) is 11.5. The lowest BCUT2D eigenvalue weighted by Gasteiger charge is -2.22. The third kappa shape index (κ3) is 7.43. The smallest absolute Gasteiger partial charge is 0.327 e. The molecule has 2 rings (SSSR count). The molecular formula is C22H33N3O7S. The van der Waals surface area contributed by atoms with Gasteiger partial charge in [-0.1, -0.05) is 18.2 Å². The summed E-state index contributed by atoms with van der Waals surface area (Å²) in [6, 6.07) is 8.65. The number of amides is 3. The quantitative estimate of drug-likeness (QED) is 0.257. The maximum atomic E-state index is 12.5. The van der Waals surface area contributed by atoms with Gasteiger partial charge in [-0.2, -0.15) is 0 Å². The Bertz CT molecular complexity index is 935. The molecule has 0 bridgehead atoms. The summed E-state index contributed by atoms with van der Waals surface area (Å²) in [6.07, 6.45) is 0.624. The van der Waals surface area contributed by atoms with E-state index in [2.05, 4.69) is 4.72 Å². The maximum Gasteiger partial charge on any atom is 0.327 e. The molecule has 1 aromatic rings. The number of imide groups is 1. The lowest BCUT2D eigenvalue weighted by Crippen LogP contribution is -2.41. The number of para-hydroxylation sites is 1. The molecule has 1 saturated heterocycles. The van der Waals surface area contributed by atoms with Gasteiger partial charge in [-0.3, -0.25) is 14.5 Å². The van der Waals surface area contributed by atoms with Crippen molar-refractivity contribution in [3.8, 4) is 5.75 Å². The fraction of sp³-hybridized carbons (Fsp3) is 0.591. The summed E-state index contributed by atoms with van der Waals surface area (Å²) >= 11 is 0. The summed E-state index contributed by atoms with van der Waals surface area (Å²) in [5.74, 6) is -0.978. The molecule has 11 heteroatoms. The van der Waals surface area contributed by atoms with Gasteiger partial charge in [-0.15, -0.1) is 0 Å². The number of hydrogen-bond donors (Lipinski definition) is 1. The number of hydrogen-bond acceptors (Lipinski definition) is 7.